The molecule has 0 N–H and O–H groups in total. The maximum atomic E-state index is 6.17. The molecule has 0 unspecified atom stereocenters. The average Bonchev–Trinajstić information content (AvgIpc) is 3.80. The fourth-order valence-electron chi connectivity index (χ4n) is 8.86. The molecular formula is C51H32N4O. The Bertz CT molecular complexity index is 3430. The zero-order valence-electron chi connectivity index (χ0n) is 30.3. The molecule has 11 aromatic rings. The molecule has 1 aliphatic rings. The number of hydrogen-bond donors (Lipinski definition) is 0. The number of para-hydroxylation sites is 1. The molecule has 0 spiro atoms. The van der Waals surface area contributed by atoms with Gasteiger partial charge < -0.3 is 8.98 Å². The highest BCUT2D eigenvalue weighted by atomic mass is 16.3. The lowest BCUT2D eigenvalue weighted by Gasteiger charge is -2.18. The Labute approximate surface area is 321 Å². The summed E-state index contributed by atoms with van der Waals surface area (Å²) < 4.78 is 8.68. The highest BCUT2D eigenvalue weighted by Crippen LogP contribution is 2.42. The van der Waals surface area contributed by atoms with Crippen LogP contribution in [0.15, 0.2) is 168 Å². The van der Waals surface area contributed by atoms with Crippen LogP contribution in [-0.4, -0.2) is 19.5 Å². The third-order valence-electron chi connectivity index (χ3n) is 11.5. The number of rotatable bonds is 4. The van der Waals surface area contributed by atoms with Crippen LogP contribution in [0, 0.1) is 0 Å². The quantitative estimate of drug-likeness (QED) is 0.182. The molecule has 3 aromatic heterocycles. The lowest BCUT2D eigenvalue weighted by Crippen LogP contribution is -2.03. The topological polar surface area (TPSA) is 56.7 Å². The van der Waals surface area contributed by atoms with Gasteiger partial charge in [-0.05, 0) is 88.7 Å². The van der Waals surface area contributed by atoms with Crippen LogP contribution in [0.2, 0.25) is 0 Å². The molecule has 0 amide bonds. The van der Waals surface area contributed by atoms with E-state index in [1.165, 1.54) is 43.7 Å². The summed E-state index contributed by atoms with van der Waals surface area (Å²) in [6, 6.07) is 55.7. The van der Waals surface area contributed by atoms with Crippen molar-refractivity contribution in [1.82, 2.24) is 19.5 Å². The molecule has 5 heteroatoms. The van der Waals surface area contributed by atoms with Gasteiger partial charge in [0.25, 0.3) is 0 Å². The summed E-state index contributed by atoms with van der Waals surface area (Å²) in [5, 5.41) is 9.34. The van der Waals surface area contributed by atoms with Crippen molar-refractivity contribution in [3.8, 4) is 39.9 Å². The number of benzene rings is 8. The number of allylic oxidation sites excluding steroid dienone is 1. The minimum absolute atomic E-state index is 0.614. The third kappa shape index (κ3) is 4.71. The first-order chi connectivity index (χ1) is 27.7. The van der Waals surface area contributed by atoms with E-state index in [1.54, 1.807) is 0 Å². The second kappa shape index (κ2) is 12.1. The van der Waals surface area contributed by atoms with Gasteiger partial charge in [-0.1, -0.05) is 121 Å². The van der Waals surface area contributed by atoms with Crippen molar-refractivity contribution in [2.24, 2.45) is 0 Å². The minimum Gasteiger partial charge on any atom is -0.456 e. The van der Waals surface area contributed by atoms with Crippen molar-refractivity contribution >= 4 is 71.4 Å². The second-order valence-electron chi connectivity index (χ2n) is 14.7. The van der Waals surface area contributed by atoms with E-state index >= 15 is 0 Å². The number of fused-ring (bicyclic) bond motifs is 10. The molecule has 0 aliphatic heterocycles. The van der Waals surface area contributed by atoms with E-state index in [9.17, 15) is 0 Å². The van der Waals surface area contributed by atoms with Gasteiger partial charge in [0.1, 0.15) is 11.2 Å². The Morgan fingerprint density at radius 3 is 2.07 bits per heavy atom. The van der Waals surface area contributed by atoms with Gasteiger partial charge in [-0.25, -0.2) is 15.0 Å². The van der Waals surface area contributed by atoms with Gasteiger partial charge in [0.2, 0.25) is 0 Å². The van der Waals surface area contributed by atoms with Crippen molar-refractivity contribution in [2.45, 2.75) is 12.8 Å². The molecule has 12 rings (SSSR count). The molecule has 0 saturated carbocycles. The fraction of sp³-hybridized carbons (Fsp3) is 0.0392. The highest BCUT2D eigenvalue weighted by molar-refractivity contribution is 6.16. The van der Waals surface area contributed by atoms with E-state index in [2.05, 4.69) is 126 Å². The summed E-state index contributed by atoms with van der Waals surface area (Å²) in [6.45, 7) is 0. The summed E-state index contributed by atoms with van der Waals surface area (Å²) in [6.07, 6.45) is 6.62. The number of furan rings is 1. The van der Waals surface area contributed by atoms with Gasteiger partial charge in [-0.2, -0.15) is 0 Å². The zero-order valence-corrected chi connectivity index (χ0v) is 30.3. The van der Waals surface area contributed by atoms with Crippen LogP contribution in [0.4, 0.5) is 0 Å². The summed E-state index contributed by atoms with van der Waals surface area (Å²) in [7, 11) is 0. The average molecular weight is 717 g/mol. The Morgan fingerprint density at radius 1 is 0.482 bits per heavy atom. The summed E-state index contributed by atoms with van der Waals surface area (Å²) >= 11 is 0. The Hall–Kier alpha value is -7.37. The van der Waals surface area contributed by atoms with Crippen LogP contribution >= 0.6 is 0 Å². The van der Waals surface area contributed by atoms with Gasteiger partial charge in [0.05, 0.1) is 16.7 Å². The second-order valence-corrected chi connectivity index (χ2v) is 14.7. The fourth-order valence-corrected chi connectivity index (χ4v) is 8.86. The molecule has 0 fully saturated rings. The van der Waals surface area contributed by atoms with E-state index in [0.29, 0.717) is 17.5 Å². The number of hydrogen-bond acceptors (Lipinski definition) is 4. The molecule has 262 valence electrons. The normalized spacial score (nSPS) is 12.8. The molecule has 0 atom stereocenters. The Balaban J connectivity index is 1.11. The lowest BCUT2D eigenvalue weighted by atomic mass is 9.94. The highest BCUT2D eigenvalue weighted by Gasteiger charge is 2.22. The Kier molecular flexibility index (Phi) is 6.69. The van der Waals surface area contributed by atoms with Crippen molar-refractivity contribution < 1.29 is 4.42 Å². The lowest BCUT2D eigenvalue weighted by molar-refractivity contribution is 0.669. The third-order valence-corrected chi connectivity index (χ3v) is 11.5. The van der Waals surface area contributed by atoms with Crippen LogP contribution in [0.5, 0.6) is 0 Å². The number of nitrogens with zero attached hydrogens (tertiary/aromatic N) is 4. The molecule has 3 heterocycles. The van der Waals surface area contributed by atoms with Gasteiger partial charge in [-0.15, -0.1) is 0 Å². The first kappa shape index (κ1) is 31.0. The molecule has 0 bridgehead atoms. The molecule has 8 aromatic carbocycles. The molecule has 5 nitrogen and oxygen atoms in total. The van der Waals surface area contributed by atoms with E-state index in [0.717, 1.165) is 67.9 Å². The maximum Gasteiger partial charge on any atom is 0.164 e. The summed E-state index contributed by atoms with van der Waals surface area (Å²) in [5.41, 5.74) is 10.8. The largest absolute Gasteiger partial charge is 0.456 e. The monoisotopic (exact) mass is 716 g/mol. The molecule has 56 heavy (non-hydrogen) atoms. The van der Waals surface area contributed by atoms with Crippen molar-refractivity contribution in [2.75, 3.05) is 0 Å². The smallest absolute Gasteiger partial charge is 0.164 e. The number of aryl methyl sites for hydroxylation is 1. The standard InChI is InChI=1S/C51H32N4O/c1-2-13-32(14-3-1)49-52-50(35-23-27-47-43(29-35)39-20-10-11-21-46(39)56-47)54-51(53-49)41-25-26-44(38-19-9-8-18-37(38)41)55-45-30-34-16-5-4-15-33(34)28-42(45)40-24-22-31-12-6-7-17-36(31)48(40)55/h1-6,8-16,18-30H,7,17H2. The van der Waals surface area contributed by atoms with Crippen LogP contribution in [0.25, 0.3) is 111 Å². The SMILES string of the molecule is C1=Cc2ccc3c4cc5ccccc5cc4n(-c4ccc(-c5nc(-c6ccccc6)nc(-c6ccc7oc8ccccc8c7c6)n5)c5ccccc45)c3c2CC1. The summed E-state index contributed by atoms with van der Waals surface area (Å²) in [4.78, 5) is 15.5. The van der Waals surface area contributed by atoms with E-state index in [1.807, 2.05) is 48.5 Å². The molecule has 0 saturated heterocycles. The van der Waals surface area contributed by atoms with Crippen molar-refractivity contribution in [3.05, 3.63) is 175 Å². The van der Waals surface area contributed by atoms with Gasteiger partial charge in [0.15, 0.2) is 17.5 Å². The van der Waals surface area contributed by atoms with E-state index < -0.39 is 0 Å². The summed E-state index contributed by atoms with van der Waals surface area (Å²) in [5.74, 6) is 1.87. The molecule has 0 radical (unpaired) electrons. The van der Waals surface area contributed by atoms with Crippen LogP contribution in [0.3, 0.4) is 0 Å². The zero-order chi connectivity index (χ0) is 36.7. The Morgan fingerprint density at radius 2 is 1.20 bits per heavy atom. The predicted octanol–water partition coefficient (Wildman–Crippen LogP) is 13.1. The first-order valence-electron chi connectivity index (χ1n) is 19.2. The molecule has 1 aliphatic carbocycles. The van der Waals surface area contributed by atoms with E-state index in [-0.39, 0.29) is 0 Å². The maximum absolute atomic E-state index is 6.17. The van der Waals surface area contributed by atoms with Gasteiger partial charge in [0, 0.05) is 43.6 Å². The van der Waals surface area contributed by atoms with Crippen molar-refractivity contribution in [3.63, 3.8) is 0 Å². The van der Waals surface area contributed by atoms with Crippen LogP contribution in [-0.2, 0) is 6.42 Å². The number of aromatic nitrogens is 4. The van der Waals surface area contributed by atoms with Gasteiger partial charge in [-0.3, -0.25) is 0 Å². The predicted molar refractivity (Wildman–Crippen MR) is 230 cm³/mol. The minimum atomic E-state index is 0.614. The van der Waals surface area contributed by atoms with Crippen molar-refractivity contribution in [1.29, 1.82) is 0 Å². The van der Waals surface area contributed by atoms with Crippen LogP contribution < -0.4 is 0 Å². The molecular weight excluding hydrogens is 685 g/mol. The van der Waals surface area contributed by atoms with E-state index in [4.69, 9.17) is 19.4 Å². The van der Waals surface area contributed by atoms with Gasteiger partial charge >= 0.3 is 0 Å². The first-order valence-corrected chi connectivity index (χ1v) is 19.2. The van der Waals surface area contributed by atoms with Crippen LogP contribution in [0.1, 0.15) is 17.5 Å².